The van der Waals surface area contributed by atoms with Gasteiger partial charge in [0.15, 0.2) is 19.4 Å². The number of halogens is 9. The predicted octanol–water partition coefficient (Wildman–Crippen LogP) is 15.6. The zero-order valence-electron chi connectivity index (χ0n) is 32.0. The topological polar surface area (TPSA) is 57.2 Å². The Morgan fingerprint density at radius 1 is 0.667 bits per heavy atom. The van der Waals surface area contributed by atoms with Gasteiger partial charge in [-0.25, -0.2) is 8.42 Å². The monoisotopic (exact) mass is 1040 g/mol. The van der Waals surface area contributed by atoms with E-state index in [0.717, 1.165) is 41.5 Å². The van der Waals surface area contributed by atoms with Crippen molar-refractivity contribution >= 4 is 103 Å². The second-order valence-corrected chi connectivity index (χ2v) is 97.4. The van der Waals surface area contributed by atoms with E-state index in [2.05, 4.69) is 90.0 Å². The van der Waals surface area contributed by atoms with Crippen LogP contribution in [-0.2, 0) is 10.1 Å². The summed E-state index contributed by atoms with van der Waals surface area (Å²) in [6.45, 7) is 36.2. The molecule has 0 amide bonds. The minimum absolute atomic E-state index is 0.154. The second kappa shape index (κ2) is 10.7. The summed E-state index contributed by atoms with van der Waals surface area (Å²) in [6.07, 6.45) is 11.5. The molecule has 10 fully saturated rings. The fraction of sp³-hybridized carbons (Fsp3) is 1.00. The molecule has 4 saturated carbocycles. The Bertz CT molecular complexity index is 1600. The number of rotatable bonds is 2. The van der Waals surface area contributed by atoms with Gasteiger partial charge in [-0.15, -0.1) is 0 Å². The van der Waals surface area contributed by atoms with E-state index in [9.17, 15) is 13.2 Å². The first kappa shape index (κ1) is 44.5. The molecule has 10 aliphatic rings. The van der Waals surface area contributed by atoms with Gasteiger partial charge in [-0.2, -0.15) is 13.2 Å². The Hall–Kier alpha value is 3.98. The molecule has 300 valence electrons. The van der Waals surface area contributed by atoms with Crippen LogP contribution >= 0.6 is 83.3 Å². The molecule has 51 heavy (non-hydrogen) atoms. The van der Waals surface area contributed by atoms with Gasteiger partial charge < -0.3 is 4.55 Å². The van der Waals surface area contributed by atoms with Gasteiger partial charge in [0.1, 0.15) is 14.5 Å². The molecule has 10 rings (SSSR count). The molecule has 0 N–H and O–H groups in total. The fourth-order valence-electron chi connectivity index (χ4n) is 15.7. The van der Waals surface area contributed by atoms with Gasteiger partial charge >= 0.3 is 67.6 Å². The maximum absolute atomic E-state index is 10.7. The van der Waals surface area contributed by atoms with E-state index in [-0.39, 0.29) is 15.8 Å². The average Bonchev–Trinajstić information content (AvgIpc) is 2.80. The van der Waals surface area contributed by atoms with Crippen LogP contribution in [0.1, 0.15) is 129 Å². The first-order valence-electron chi connectivity index (χ1n) is 18.0. The first-order chi connectivity index (χ1) is 22.0. The fourth-order valence-corrected chi connectivity index (χ4v) is 84.6. The number of hydrogen-bond donors (Lipinski definition) is 0. The van der Waals surface area contributed by atoms with Crippen LogP contribution in [0.25, 0.3) is 0 Å². The molecule has 6 saturated heterocycles. The normalized spacial score (nSPS) is 49.9. The van der Waals surface area contributed by atoms with Crippen molar-refractivity contribution < 1.29 is 26.1 Å². The maximum atomic E-state index is 10.7. The summed E-state index contributed by atoms with van der Waals surface area (Å²) >= 11 is 0. The number of hydrogen-bond acceptors (Lipinski definition) is 3. The quantitative estimate of drug-likeness (QED) is 0.120. The van der Waals surface area contributed by atoms with Crippen molar-refractivity contribution in [1.82, 2.24) is 0 Å². The van der Waals surface area contributed by atoms with Crippen molar-refractivity contribution in [2.24, 2.45) is 39.4 Å². The van der Waals surface area contributed by atoms with Crippen LogP contribution in [0.4, 0.5) is 13.2 Å². The van der Waals surface area contributed by atoms with Crippen LogP contribution in [-0.4, -0.2) is 57.5 Å². The van der Waals surface area contributed by atoms with Gasteiger partial charge in [-0.3, -0.25) is 0 Å². The van der Waals surface area contributed by atoms with Gasteiger partial charge in [-0.05, 0) is 63.2 Å². The van der Waals surface area contributed by atoms with Crippen LogP contribution in [0.15, 0.2) is 0 Å². The van der Waals surface area contributed by atoms with Crippen LogP contribution in [0.3, 0.4) is 0 Å². The molecule has 0 aromatic heterocycles. The molecule has 4 unspecified atom stereocenters. The zero-order chi connectivity index (χ0) is 39.7. The summed E-state index contributed by atoms with van der Waals surface area (Å²) in [6, 6.07) is 0. The Balaban J connectivity index is 0.000000253. The third-order valence-electron chi connectivity index (χ3n) is 14.4. The summed E-state index contributed by atoms with van der Waals surface area (Å²) < 4.78 is 62.3. The summed E-state index contributed by atoms with van der Waals surface area (Å²) in [4.78, 5) is 0. The van der Waals surface area contributed by atoms with Crippen molar-refractivity contribution in [3.63, 3.8) is 0 Å². The van der Waals surface area contributed by atoms with E-state index in [4.69, 9.17) is 65.9 Å². The molecular weight excluding hydrogens is 992 g/mol. The summed E-state index contributed by atoms with van der Waals surface area (Å²) in [5.41, 5.74) is -3.53. The van der Waals surface area contributed by atoms with Gasteiger partial charge in [0.2, 0.25) is 9.28 Å². The van der Waals surface area contributed by atoms with Crippen molar-refractivity contribution in [2.75, 3.05) is 6.16 Å². The molecule has 0 aromatic carbocycles. The van der Waals surface area contributed by atoms with E-state index in [1.54, 1.807) is 44.7 Å². The van der Waals surface area contributed by atoms with Gasteiger partial charge in [0.05, 0.1) is 27.2 Å². The van der Waals surface area contributed by atoms with Crippen LogP contribution < -0.4 is 0 Å². The summed E-state index contributed by atoms with van der Waals surface area (Å²) in [5, 5.41) is 0.802. The molecule has 6 heterocycles. The van der Waals surface area contributed by atoms with Crippen molar-refractivity contribution in [2.45, 2.75) is 158 Å². The van der Waals surface area contributed by atoms with Gasteiger partial charge in [0, 0.05) is 21.7 Å². The first-order valence-corrected chi connectivity index (χ1v) is 45.2. The number of alkyl halides is 3. The van der Waals surface area contributed by atoms with Crippen molar-refractivity contribution in [1.29, 1.82) is 0 Å². The Labute approximate surface area is 328 Å². The SMILES string of the molecule is CC[P+]12C3(C(C)(C)C)P4C5(C(C)(C)C)P3C1(C(C)(C)C)[P+]5(C13CC5CC(CC(C5)C1)C3)C42C(C)(C)C.O=S(=O)([O-])C(F)(F)F.[Cl][Sb-]([Cl])([Cl])([Cl])([Cl])[Cl]. The minimum atomic E-state index is -6.09. The third kappa shape index (κ3) is 4.60. The van der Waals surface area contributed by atoms with E-state index in [1.165, 1.54) is 0 Å². The summed E-state index contributed by atoms with van der Waals surface area (Å²) in [7, 11) is 17.0. The standard InChI is InChI=1S/C32H56P4.CHF3O3S.6ClH.Sb/c1-14-35-29(24(2,3)4)33-30(25(5,6)7)34(29)32(35,27(11,12)13)36(30,31(33,35)26(8,9)10)28-18-21-15-22(19-28)17-23(16-21)20-28;2-1(3,4)8(5,6)7;;;;;;;/h21-23H,14-20H2,1-13H3;(H,5,6,7);6*1H;/q+2;;;;;;;;+5/p-7. The van der Waals surface area contributed by atoms with E-state index < -0.39 is 39.3 Å². The van der Waals surface area contributed by atoms with Crippen LogP contribution in [0.5, 0.6) is 0 Å². The van der Waals surface area contributed by atoms with Crippen molar-refractivity contribution in [3.05, 3.63) is 0 Å². The predicted molar refractivity (Wildman–Crippen MR) is 224 cm³/mol. The molecule has 4 bridgehead atoms. The Morgan fingerprint density at radius 3 is 1.14 bits per heavy atom. The van der Waals surface area contributed by atoms with E-state index in [0.29, 0.717) is 21.7 Å². The molecule has 3 nitrogen and oxygen atoms in total. The molecule has 6 aliphatic heterocycles. The van der Waals surface area contributed by atoms with Crippen LogP contribution in [0.2, 0.25) is 0 Å². The van der Waals surface area contributed by atoms with Gasteiger partial charge in [0.25, 0.3) is 0 Å². The van der Waals surface area contributed by atoms with E-state index >= 15 is 0 Å². The molecule has 4 atom stereocenters. The average molecular weight is 1050 g/mol. The Kier molecular flexibility index (Phi) is 9.34. The van der Waals surface area contributed by atoms with Gasteiger partial charge in [-0.1, -0.05) is 83.1 Å². The summed E-state index contributed by atoms with van der Waals surface area (Å²) in [5.74, 6) is 3.32. The van der Waals surface area contributed by atoms with E-state index in [1.807, 2.05) is 0 Å². The Morgan fingerprint density at radius 2 is 0.941 bits per heavy atom. The second-order valence-electron chi connectivity index (χ2n) is 21.0. The molecule has 0 radical (unpaired) electrons. The molecule has 18 heteroatoms. The van der Waals surface area contributed by atoms with Crippen LogP contribution in [0, 0.1) is 39.4 Å². The third-order valence-corrected chi connectivity index (χ3v) is 54.4. The molecular formula is C33H56Cl6F3O3P4SSb. The van der Waals surface area contributed by atoms with Crippen molar-refractivity contribution in [3.8, 4) is 0 Å². The zero-order valence-corrected chi connectivity index (χ0v) is 43.4. The molecule has 0 spiro atoms. The molecule has 0 aromatic rings. The molecule has 4 aliphatic carbocycles.